The summed E-state index contributed by atoms with van der Waals surface area (Å²) in [6.45, 7) is 6.37. The second-order valence-electron chi connectivity index (χ2n) is 6.69. The van der Waals surface area contributed by atoms with Gasteiger partial charge < -0.3 is 10.6 Å². The number of carbonyl (C=O) groups excluding carboxylic acids is 2. The maximum absolute atomic E-state index is 12.2. The summed E-state index contributed by atoms with van der Waals surface area (Å²) >= 11 is 0. The van der Waals surface area contributed by atoms with Crippen LogP contribution >= 0.6 is 0 Å². The lowest BCUT2D eigenvalue weighted by molar-refractivity contribution is -0.137. The molecule has 2 N–H and O–H groups in total. The first-order valence-corrected chi connectivity index (χ1v) is 8.73. The third-order valence-corrected chi connectivity index (χ3v) is 4.99. The Bertz CT molecular complexity index is 556. The molecular weight excluding hydrogens is 288 g/mol. The zero-order valence-electron chi connectivity index (χ0n) is 14.4. The van der Waals surface area contributed by atoms with Crippen molar-refractivity contribution in [3.05, 3.63) is 29.8 Å². The summed E-state index contributed by atoms with van der Waals surface area (Å²) in [6, 6.07) is 7.82. The van der Waals surface area contributed by atoms with Crippen LogP contribution in [-0.2, 0) is 9.59 Å². The molecule has 3 atom stereocenters. The number of carbonyl (C=O) groups is 2. The van der Waals surface area contributed by atoms with Crippen molar-refractivity contribution in [2.45, 2.75) is 64.8 Å². The quantitative estimate of drug-likeness (QED) is 0.829. The summed E-state index contributed by atoms with van der Waals surface area (Å²) in [5.41, 5.74) is 1.81. The van der Waals surface area contributed by atoms with Gasteiger partial charge in [0.05, 0.1) is 0 Å². The van der Waals surface area contributed by atoms with Crippen molar-refractivity contribution in [3.63, 3.8) is 0 Å². The second-order valence-corrected chi connectivity index (χ2v) is 6.69. The van der Waals surface area contributed by atoms with Gasteiger partial charge in [-0.15, -0.1) is 0 Å². The van der Waals surface area contributed by atoms with Crippen LogP contribution in [0.2, 0.25) is 0 Å². The van der Waals surface area contributed by atoms with E-state index in [-0.39, 0.29) is 6.04 Å². The van der Waals surface area contributed by atoms with E-state index in [1.54, 1.807) is 0 Å². The zero-order valence-corrected chi connectivity index (χ0v) is 14.4. The minimum absolute atomic E-state index is 0.117. The van der Waals surface area contributed by atoms with E-state index in [1.807, 2.05) is 24.3 Å². The number of para-hydroxylation sites is 1. The van der Waals surface area contributed by atoms with Gasteiger partial charge in [-0.1, -0.05) is 51.8 Å². The number of rotatable bonds is 4. The highest BCUT2D eigenvalue weighted by atomic mass is 16.2. The van der Waals surface area contributed by atoms with Crippen molar-refractivity contribution < 1.29 is 9.59 Å². The maximum Gasteiger partial charge on any atom is 0.313 e. The number of anilines is 1. The molecule has 1 aliphatic rings. The molecule has 0 heterocycles. The average Bonchev–Trinajstić information content (AvgIpc) is 2.56. The van der Waals surface area contributed by atoms with Gasteiger partial charge >= 0.3 is 11.8 Å². The standard InChI is InChI=1S/C19H28N2O2/c1-4-13(2)15-10-6-8-12-17(15)21-19(23)18(22)20-16-11-7-5-9-14(16)3/h6,8,10,12-14,16H,4-5,7,9,11H2,1-3H3,(H,20,22)(H,21,23). The van der Waals surface area contributed by atoms with Crippen molar-refractivity contribution in [1.29, 1.82) is 0 Å². The van der Waals surface area contributed by atoms with E-state index < -0.39 is 11.8 Å². The molecule has 3 unspecified atom stereocenters. The molecule has 0 aliphatic heterocycles. The fourth-order valence-electron chi connectivity index (χ4n) is 3.20. The number of hydrogen-bond donors (Lipinski definition) is 2. The van der Waals surface area contributed by atoms with E-state index in [0.717, 1.165) is 36.9 Å². The summed E-state index contributed by atoms with van der Waals surface area (Å²) in [7, 11) is 0. The van der Waals surface area contributed by atoms with Gasteiger partial charge in [0.25, 0.3) is 0 Å². The summed E-state index contributed by atoms with van der Waals surface area (Å²) in [6.07, 6.45) is 5.39. The van der Waals surface area contributed by atoms with E-state index in [0.29, 0.717) is 11.8 Å². The first-order valence-electron chi connectivity index (χ1n) is 8.73. The first-order chi connectivity index (χ1) is 11.0. The summed E-state index contributed by atoms with van der Waals surface area (Å²) in [5.74, 6) is -0.318. The number of nitrogens with one attached hydrogen (secondary N) is 2. The average molecular weight is 316 g/mol. The predicted molar refractivity (Wildman–Crippen MR) is 93.3 cm³/mol. The summed E-state index contributed by atoms with van der Waals surface area (Å²) in [5, 5.41) is 5.68. The van der Waals surface area contributed by atoms with Gasteiger partial charge in [0.1, 0.15) is 0 Å². The molecule has 0 aromatic heterocycles. The molecule has 1 aromatic carbocycles. The lowest BCUT2D eigenvalue weighted by Crippen LogP contribution is -2.45. The zero-order chi connectivity index (χ0) is 16.8. The first kappa shape index (κ1) is 17.5. The molecule has 0 saturated heterocycles. The highest BCUT2D eigenvalue weighted by Gasteiger charge is 2.25. The number of amides is 2. The van der Waals surface area contributed by atoms with Crippen LogP contribution in [-0.4, -0.2) is 17.9 Å². The molecule has 0 bridgehead atoms. The fraction of sp³-hybridized carbons (Fsp3) is 0.579. The molecular formula is C19H28N2O2. The summed E-state index contributed by atoms with van der Waals surface area (Å²) < 4.78 is 0. The Labute approximate surface area is 139 Å². The smallest absolute Gasteiger partial charge is 0.313 e. The predicted octanol–water partition coefficient (Wildman–Crippen LogP) is 3.83. The number of benzene rings is 1. The second kappa shape index (κ2) is 8.14. The van der Waals surface area contributed by atoms with E-state index in [9.17, 15) is 9.59 Å². The molecule has 2 rings (SSSR count). The van der Waals surface area contributed by atoms with Crippen molar-refractivity contribution in [3.8, 4) is 0 Å². The Kier molecular flexibility index (Phi) is 6.20. The van der Waals surface area contributed by atoms with Crippen LogP contribution in [0.3, 0.4) is 0 Å². The highest BCUT2D eigenvalue weighted by molar-refractivity contribution is 6.39. The van der Waals surface area contributed by atoms with E-state index in [1.165, 1.54) is 6.42 Å². The van der Waals surface area contributed by atoms with Gasteiger partial charge in [0.15, 0.2) is 0 Å². The van der Waals surface area contributed by atoms with Gasteiger partial charge in [0.2, 0.25) is 0 Å². The molecule has 126 valence electrons. The van der Waals surface area contributed by atoms with Crippen molar-refractivity contribution in [2.75, 3.05) is 5.32 Å². The van der Waals surface area contributed by atoms with Crippen LogP contribution in [0, 0.1) is 5.92 Å². The Morgan fingerprint density at radius 1 is 1.17 bits per heavy atom. The monoisotopic (exact) mass is 316 g/mol. The normalized spacial score (nSPS) is 22.2. The molecule has 4 heteroatoms. The molecule has 1 aliphatic carbocycles. The van der Waals surface area contributed by atoms with Crippen LogP contribution in [0.1, 0.15) is 64.4 Å². The number of hydrogen-bond acceptors (Lipinski definition) is 2. The molecule has 0 spiro atoms. The largest absolute Gasteiger partial charge is 0.345 e. The highest BCUT2D eigenvalue weighted by Crippen LogP contribution is 2.27. The van der Waals surface area contributed by atoms with Gasteiger partial charge in [-0.2, -0.15) is 0 Å². The van der Waals surface area contributed by atoms with Gasteiger partial charge in [-0.05, 0) is 42.7 Å². The Morgan fingerprint density at radius 2 is 1.87 bits per heavy atom. The van der Waals surface area contributed by atoms with Gasteiger partial charge in [0, 0.05) is 11.7 Å². The summed E-state index contributed by atoms with van der Waals surface area (Å²) in [4.78, 5) is 24.4. The van der Waals surface area contributed by atoms with Crippen LogP contribution in [0.25, 0.3) is 0 Å². The molecule has 23 heavy (non-hydrogen) atoms. The van der Waals surface area contributed by atoms with Crippen molar-refractivity contribution in [2.24, 2.45) is 5.92 Å². The minimum atomic E-state index is -0.571. The lowest BCUT2D eigenvalue weighted by atomic mass is 9.86. The topological polar surface area (TPSA) is 58.2 Å². The van der Waals surface area contributed by atoms with Crippen LogP contribution in [0.5, 0.6) is 0 Å². The molecule has 0 radical (unpaired) electrons. The van der Waals surface area contributed by atoms with Gasteiger partial charge in [-0.3, -0.25) is 9.59 Å². The van der Waals surface area contributed by atoms with Crippen LogP contribution < -0.4 is 10.6 Å². The van der Waals surface area contributed by atoms with E-state index in [2.05, 4.69) is 31.4 Å². The van der Waals surface area contributed by atoms with Crippen LogP contribution in [0.4, 0.5) is 5.69 Å². The van der Waals surface area contributed by atoms with Crippen molar-refractivity contribution >= 4 is 17.5 Å². The third kappa shape index (κ3) is 4.57. The molecule has 1 saturated carbocycles. The van der Waals surface area contributed by atoms with E-state index >= 15 is 0 Å². The molecule has 2 amide bonds. The molecule has 1 fully saturated rings. The SMILES string of the molecule is CCC(C)c1ccccc1NC(=O)C(=O)NC1CCCCC1C. The maximum atomic E-state index is 12.2. The Balaban J connectivity index is 2.00. The fourth-order valence-corrected chi connectivity index (χ4v) is 3.20. The van der Waals surface area contributed by atoms with Crippen molar-refractivity contribution in [1.82, 2.24) is 5.32 Å². The van der Waals surface area contributed by atoms with Crippen LogP contribution in [0.15, 0.2) is 24.3 Å². The third-order valence-electron chi connectivity index (χ3n) is 4.99. The van der Waals surface area contributed by atoms with Gasteiger partial charge in [-0.25, -0.2) is 0 Å². The Morgan fingerprint density at radius 3 is 2.57 bits per heavy atom. The minimum Gasteiger partial charge on any atom is -0.345 e. The lowest BCUT2D eigenvalue weighted by Gasteiger charge is -2.29. The molecule has 4 nitrogen and oxygen atoms in total. The van der Waals surface area contributed by atoms with E-state index in [4.69, 9.17) is 0 Å². The Hall–Kier alpha value is -1.84. The molecule has 1 aromatic rings.